The van der Waals surface area contributed by atoms with Crippen molar-refractivity contribution >= 4 is 23.2 Å². The first-order valence-corrected chi connectivity index (χ1v) is 7.32. The molecular formula is C18H14F2N2O2. The standard InChI is InChI=1S/C18H14F2N2O2/c1-11-13-4-2-3-5-14(13)18(24)22(11)9-8-17(23)21-16-7-6-12(19)10-15(16)20/h2-7,10H,1,8-9H2,(H,21,23). The van der Waals surface area contributed by atoms with Crippen molar-refractivity contribution in [1.29, 1.82) is 0 Å². The smallest absolute Gasteiger partial charge is 0.258 e. The number of carbonyl (C=O) groups excluding carboxylic acids is 2. The van der Waals surface area contributed by atoms with Gasteiger partial charge in [0.05, 0.1) is 5.69 Å². The minimum atomic E-state index is -0.850. The summed E-state index contributed by atoms with van der Waals surface area (Å²) in [5.41, 5.74) is 1.73. The molecule has 1 aliphatic heterocycles. The molecule has 2 aromatic carbocycles. The molecule has 1 heterocycles. The van der Waals surface area contributed by atoms with Crippen molar-refractivity contribution in [2.75, 3.05) is 11.9 Å². The third-order valence-electron chi connectivity index (χ3n) is 3.81. The fraction of sp³-hybridized carbons (Fsp3) is 0.111. The van der Waals surface area contributed by atoms with E-state index < -0.39 is 17.5 Å². The number of nitrogens with one attached hydrogen (secondary N) is 1. The van der Waals surface area contributed by atoms with E-state index in [1.807, 2.05) is 6.07 Å². The summed E-state index contributed by atoms with van der Waals surface area (Å²) < 4.78 is 26.4. The molecule has 0 radical (unpaired) electrons. The zero-order valence-electron chi connectivity index (χ0n) is 12.7. The van der Waals surface area contributed by atoms with E-state index in [1.165, 1.54) is 4.90 Å². The van der Waals surface area contributed by atoms with Crippen molar-refractivity contribution in [2.45, 2.75) is 6.42 Å². The SMILES string of the molecule is C=C1c2ccccc2C(=O)N1CCC(=O)Nc1ccc(F)cc1F. The summed E-state index contributed by atoms with van der Waals surface area (Å²) in [5.74, 6) is -2.26. The Morgan fingerprint density at radius 2 is 1.83 bits per heavy atom. The third kappa shape index (κ3) is 2.90. The Balaban J connectivity index is 1.63. The van der Waals surface area contributed by atoms with Crippen LogP contribution in [-0.4, -0.2) is 23.3 Å². The Morgan fingerprint density at radius 3 is 2.50 bits per heavy atom. The van der Waals surface area contributed by atoms with Gasteiger partial charge >= 0.3 is 0 Å². The molecule has 2 aromatic rings. The number of anilines is 1. The molecule has 0 saturated carbocycles. The second kappa shape index (κ2) is 6.23. The Kier molecular flexibility index (Phi) is 4.12. The van der Waals surface area contributed by atoms with Gasteiger partial charge in [-0.1, -0.05) is 24.8 Å². The minimum absolute atomic E-state index is 0.0322. The van der Waals surface area contributed by atoms with E-state index in [-0.39, 0.29) is 24.6 Å². The maximum Gasteiger partial charge on any atom is 0.258 e. The lowest BCUT2D eigenvalue weighted by Crippen LogP contribution is -2.27. The van der Waals surface area contributed by atoms with Crippen LogP contribution < -0.4 is 5.32 Å². The van der Waals surface area contributed by atoms with E-state index in [1.54, 1.807) is 18.2 Å². The van der Waals surface area contributed by atoms with Crippen LogP contribution in [0.2, 0.25) is 0 Å². The van der Waals surface area contributed by atoms with Crippen LogP contribution >= 0.6 is 0 Å². The largest absolute Gasteiger partial charge is 0.324 e. The lowest BCUT2D eigenvalue weighted by atomic mass is 10.1. The van der Waals surface area contributed by atoms with Gasteiger partial charge in [0.15, 0.2) is 0 Å². The first-order valence-electron chi connectivity index (χ1n) is 7.32. The van der Waals surface area contributed by atoms with Gasteiger partial charge in [0.2, 0.25) is 5.91 Å². The van der Waals surface area contributed by atoms with Crippen molar-refractivity contribution in [1.82, 2.24) is 4.90 Å². The number of rotatable bonds is 4. The lowest BCUT2D eigenvalue weighted by molar-refractivity contribution is -0.116. The van der Waals surface area contributed by atoms with E-state index in [0.717, 1.165) is 17.7 Å². The number of nitrogens with zero attached hydrogens (tertiary/aromatic N) is 1. The quantitative estimate of drug-likeness (QED) is 0.935. The topological polar surface area (TPSA) is 49.4 Å². The molecule has 0 spiro atoms. The van der Waals surface area contributed by atoms with Crippen molar-refractivity contribution in [3.05, 3.63) is 71.8 Å². The molecule has 4 nitrogen and oxygen atoms in total. The molecule has 3 rings (SSSR count). The van der Waals surface area contributed by atoms with Gasteiger partial charge in [-0.15, -0.1) is 0 Å². The van der Waals surface area contributed by atoms with Crippen LogP contribution in [0.15, 0.2) is 49.0 Å². The van der Waals surface area contributed by atoms with Crippen LogP contribution in [-0.2, 0) is 4.79 Å². The molecule has 1 N–H and O–H groups in total. The number of hydrogen-bond donors (Lipinski definition) is 1. The highest BCUT2D eigenvalue weighted by Gasteiger charge is 2.30. The zero-order valence-corrected chi connectivity index (χ0v) is 12.7. The Labute approximate surface area is 137 Å². The molecule has 6 heteroatoms. The molecule has 0 unspecified atom stereocenters. The predicted molar refractivity (Wildman–Crippen MR) is 86.1 cm³/mol. The van der Waals surface area contributed by atoms with E-state index in [4.69, 9.17) is 0 Å². The van der Waals surface area contributed by atoms with E-state index >= 15 is 0 Å². The van der Waals surface area contributed by atoms with Gasteiger partial charge in [0, 0.05) is 35.9 Å². The second-order valence-electron chi connectivity index (χ2n) is 5.37. The van der Waals surface area contributed by atoms with Crippen LogP contribution in [0.5, 0.6) is 0 Å². The Morgan fingerprint density at radius 1 is 1.12 bits per heavy atom. The van der Waals surface area contributed by atoms with E-state index in [9.17, 15) is 18.4 Å². The van der Waals surface area contributed by atoms with Crippen LogP contribution in [0.1, 0.15) is 22.3 Å². The number of benzene rings is 2. The average Bonchev–Trinajstić information content (AvgIpc) is 2.80. The first kappa shape index (κ1) is 15.9. The highest BCUT2D eigenvalue weighted by Crippen LogP contribution is 2.31. The highest BCUT2D eigenvalue weighted by atomic mass is 19.1. The maximum atomic E-state index is 13.5. The van der Waals surface area contributed by atoms with Crippen LogP contribution in [0.3, 0.4) is 0 Å². The lowest BCUT2D eigenvalue weighted by Gasteiger charge is -2.17. The predicted octanol–water partition coefficient (Wildman–Crippen LogP) is 3.42. The summed E-state index contributed by atoms with van der Waals surface area (Å²) in [6.07, 6.45) is -0.0322. The summed E-state index contributed by atoms with van der Waals surface area (Å²) in [7, 11) is 0. The summed E-state index contributed by atoms with van der Waals surface area (Å²) in [5, 5.41) is 2.36. The van der Waals surface area contributed by atoms with Gasteiger partial charge in [-0.3, -0.25) is 9.59 Å². The number of carbonyl (C=O) groups is 2. The molecule has 0 saturated heterocycles. The summed E-state index contributed by atoms with van der Waals surface area (Å²) in [6.45, 7) is 4.01. The van der Waals surface area contributed by atoms with Gasteiger partial charge in [-0.2, -0.15) is 0 Å². The monoisotopic (exact) mass is 328 g/mol. The fourth-order valence-corrected chi connectivity index (χ4v) is 2.59. The van der Waals surface area contributed by atoms with Crippen molar-refractivity contribution < 1.29 is 18.4 Å². The average molecular weight is 328 g/mol. The summed E-state index contributed by atoms with van der Waals surface area (Å²) >= 11 is 0. The first-order chi connectivity index (χ1) is 11.5. The normalized spacial score (nSPS) is 13.2. The van der Waals surface area contributed by atoms with Gasteiger partial charge in [-0.25, -0.2) is 8.78 Å². The summed E-state index contributed by atoms with van der Waals surface area (Å²) in [4.78, 5) is 25.7. The number of amides is 2. The van der Waals surface area contributed by atoms with Crippen LogP contribution in [0.25, 0.3) is 5.70 Å². The molecule has 1 aliphatic rings. The molecule has 0 bridgehead atoms. The van der Waals surface area contributed by atoms with E-state index in [0.29, 0.717) is 17.3 Å². The molecule has 0 atom stereocenters. The molecule has 122 valence electrons. The van der Waals surface area contributed by atoms with Gasteiger partial charge in [0.1, 0.15) is 11.6 Å². The highest BCUT2D eigenvalue weighted by molar-refractivity contribution is 6.09. The molecule has 0 fully saturated rings. The minimum Gasteiger partial charge on any atom is -0.324 e. The van der Waals surface area contributed by atoms with Crippen molar-refractivity contribution in [3.8, 4) is 0 Å². The number of hydrogen-bond acceptors (Lipinski definition) is 2. The van der Waals surface area contributed by atoms with Crippen LogP contribution in [0.4, 0.5) is 14.5 Å². The third-order valence-corrected chi connectivity index (χ3v) is 3.81. The Hall–Kier alpha value is -3.02. The fourth-order valence-electron chi connectivity index (χ4n) is 2.59. The van der Waals surface area contributed by atoms with E-state index in [2.05, 4.69) is 11.9 Å². The van der Waals surface area contributed by atoms with Crippen LogP contribution in [0, 0.1) is 11.6 Å². The van der Waals surface area contributed by atoms with Gasteiger partial charge < -0.3 is 10.2 Å². The molecule has 2 amide bonds. The number of halogens is 2. The summed E-state index contributed by atoms with van der Waals surface area (Å²) in [6, 6.07) is 9.97. The second-order valence-corrected chi connectivity index (χ2v) is 5.37. The number of fused-ring (bicyclic) bond motifs is 1. The molecule has 24 heavy (non-hydrogen) atoms. The Bertz CT molecular complexity index is 814. The molecular weight excluding hydrogens is 314 g/mol. The zero-order chi connectivity index (χ0) is 17.3. The maximum absolute atomic E-state index is 13.5. The van der Waals surface area contributed by atoms with Gasteiger partial charge in [-0.05, 0) is 18.2 Å². The molecule has 0 aromatic heterocycles. The van der Waals surface area contributed by atoms with Crippen molar-refractivity contribution in [2.24, 2.45) is 0 Å². The molecule has 0 aliphatic carbocycles. The van der Waals surface area contributed by atoms with Gasteiger partial charge in [0.25, 0.3) is 5.91 Å². The van der Waals surface area contributed by atoms with Crippen molar-refractivity contribution in [3.63, 3.8) is 0 Å².